The van der Waals surface area contributed by atoms with Crippen LogP contribution in [-0.4, -0.2) is 37.5 Å². The van der Waals surface area contributed by atoms with Crippen LogP contribution in [0.25, 0.3) is 0 Å². The van der Waals surface area contributed by atoms with Gasteiger partial charge in [-0.3, -0.25) is 4.79 Å². The van der Waals surface area contributed by atoms with Crippen LogP contribution in [0.5, 0.6) is 0 Å². The molecule has 3 nitrogen and oxygen atoms in total. The second-order valence-corrected chi connectivity index (χ2v) is 6.58. The van der Waals surface area contributed by atoms with E-state index >= 15 is 0 Å². The van der Waals surface area contributed by atoms with Gasteiger partial charge in [-0.15, -0.1) is 0 Å². The zero-order chi connectivity index (χ0) is 13.8. The lowest BCUT2D eigenvalue weighted by Gasteiger charge is -2.27. The lowest BCUT2D eigenvalue weighted by Crippen LogP contribution is -2.37. The van der Waals surface area contributed by atoms with Crippen molar-refractivity contribution in [3.8, 4) is 0 Å². The van der Waals surface area contributed by atoms with E-state index in [1.165, 1.54) is 0 Å². The SMILES string of the molecule is CN(CC1CCNCC1)C(=O)c1ccc(I)c(Cl)c1. The minimum Gasteiger partial charge on any atom is -0.341 e. The Morgan fingerprint density at radius 1 is 1.47 bits per heavy atom. The zero-order valence-electron chi connectivity index (χ0n) is 11.0. The molecule has 0 saturated carbocycles. The summed E-state index contributed by atoms with van der Waals surface area (Å²) in [6.45, 7) is 2.94. The fourth-order valence-electron chi connectivity index (χ4n) is 2.38. The molecular formula is C14H18ClIN2O. The van der Waals surface area contributed by atoms with Gasteiger partial charge >= 0.3 is 0 Å². The first-order valence-corrected chi connectivity index (χ1v) is 7.95. The molecule has 0 aromatic heterocycles. The van der Waals surface area contributed by atoms with Crippen LogP contribution in [-0.2, 0) is 0 Å². The molecule has 19 heavy (non-hydrogen) atoms. The van der Waals surface area contributed by atoms with E-state index in [0.29, 0.717) is 16.5 Å². The third-order valence-corrected chi connectivity index (χ3v) is 5.08. The number of hydrogen-bond donors (Lipinski definition) is 1. The van der Waals surface area contributed by atoms with Gasteiger partial charge in [0, 0.05) is 22.7 Å². The topological polar surface area (TPSA) is 32.3 Å². The van der Waals surface area contributed by atoms with Gasteiger partial charge in [0.15, 0.2) is 0 Å². The Balaban J connectivity index is 1.99. The molecule has 1 aromatic carbocycles. The van der Waals surface area contributed by atoms with E-state index in [2.05, 4.69) is 27.9 Å². The zero-order valence-corrected chi connectivity index (χ0v) is 13.9. The summed E-state index contributed by atoms with van der Waals surface area (Å²) in [5.74, 6) is 0.659. The second kappa shape index (κ2) is 6.90. The summed E-state index contributed by atoms with van der Waals surface area (Å²) >= 11 is 8.23. The summed E-state index contributed by atoms with van der Waals surface area (Å²) in [6.07, 6.45) is 2.29. The second-order valence-electron chi connectivity index (χ2n) is 5.01. The number of nitrogens with zero attached hydrogens (tertiary/aromatic N) is 1. The summed E-state index contributed by atoms with van der Waals surface area (Å²) in [4.78, 5) is 14.1. The largest absolute Gasteiger partial charge is 0.341 e. The Labute approximate surface area is 132 Å². The standard InChI is InChI=1S/C14H18ClIN2O/c1-18(9-10-4-6-17-7-5-10)14(19)11-2-3-13(16)12(15)8-11/h2-3,8,10,17H,4-7,9H2,1H3. The van der Waals surface area contributed by atoms with Crippen LogP contribution >= 0.6 is 34.2 Å². The van der Waals surface area contributed by atoms with Crippen molar-refractivity contribution in [3.63, 3.8) is 0 Å². The maximum atomic E-state index is 12.3. The van der Waals surface area contributed by atoms with Crippen molar-refractivity contribution in [1.82, 2.24) is 10.2 Å². The maximum Gasteiger partial charge on any atom is 0.253 e. The van der Waals surface area contributed by atoms with E-state index in [0.717, 1.165) is 36.0 Å². The molecule has 1 N–H and O–H groups in total. The van der Waals surface area contributed by atoms with Gasteiger partial charge in [-0.1, -0.05) is 11.6 Å². The number of nitrogens with one attached hydrogen (secondary N) is 1. The Hall–Kier alpha value is -0.330. The van der Waals surface area contributed by atoms with Crippen LogP contribution in [0.15, 0.2) is 18.2 Å². The van der Waals surface area contributed by atoms with Crippen molar-refractivity contribution >= 4 is 40.1 Å². The van der Waals surface area contributed by atoms with Crippen molar-refractivity contribution in [1.29, 1.82) is 0 Å². The smallest absolute Gasteiger partial charge is 0.253 e. The molecule has 1 heterocycles. The first kappa shape index (κ1) is 15.1. The fourth-order valence-corrected chi connectivity index (χ4v) is 2.90. The number of rotatable bonds is 3. The summed E-state index contributed by atoms with van der Waals surface area (Å²) < 4.78 is 0.969. The fraction of sp³-hybridized carbons (Fsp3) is 0.500. The highest BCUT2D eigenvalue weighted by Crippen LogP contribution is 2.21. The monoisotopic (exact) mass is 392 g/mol. The molecule has 0 unspecified atom stereocenters. The lowest BCUT2D eigenvalue weighted by molar-refractivity contribution is 0.0763. The van der Waals surface area contributed by atoms with Crippen LogP contribution in [0.3, 0.4) is 0 Å². The van der Waals surface area contributed by atoms with Crippen molar-refractivity contribution in [2.75, 3.05) is 26.7 Å². The first-order chi connectivity index (χ1) is 9.08. The van der Waals surface area contributed by atoms with Gasteiger partial charge in [0.05, 0.1) is 5.02 Å². The molecule has 0 radical (unpaired) electrons. The molecule has 5 heteroatoms. The van der Waals surface area contributed by atoms with E-state index in [4.69, 9.17) is 11.6 Å². The van der Waals surface area contributed by atoms with E-state index in [-0.39, 0.29) is 5.91 Å². The number of carbonyl (C=O) groups is 1. The summed E-state index contributed by atoms with van der Waals surface area (Å²) in [6, 6.07) is 5.48. The Morgan fingerprint density at radius 2 is 2.16 bits per heavy atom. The van der Waals surface area contributed by atoms with E-state index in [1.807, 2.05) is 24.1 Å². The van der Waals surface area contributed by atoms with E-state index < -0.39 is 0 Å². The van der Waals surface area contributed by atoms with Gasteiger partial charge in [0.2, 0.25) is 0 Å². The average Bonchev–Trinajstić information content (AvgIpc) is 2.42. The Morgan fingerprint density at radius 3 is 2.79 bits per heavy atom. The number of amides is 1. The normalized spacial score (nSPS) is 16.4. The molecule has 0 bridgehead atoms. The third-order valence-electron chi connectivity index (χ3n) is 3.50. The van der Waals surface area contributed by atoms with Gasteiger partial charge in [0.25, 0.3) is 5.91 Å². The number of piperidine rings is 1. The van der Waals surface area contributed by atoms with Crippen LogP contribution in [0.1, 0.15) is 23.2 Å². The summed E-state index contributed by atoms with van der Waals surface area (Å²) in [5.41, 5.74) is 0.668. The van der Waals surface area contributed by atoms with Gasteiger partial charge < -0.3 is 10.2 Å². The van der Waals surface area contributed by atoms with Crippen LogP contribution in [0.4, 0.5) is 0 Å². The Bertz CT molecular complexity index is 461. The highest BCUT2D eigenvalue weighted by Gasteiger charge is 2.19. The number of hydrogen-bond acceptors (Lipinski definition) is 2. The van der Waals surface area contributed by atoms with Gasteiger partial charge in [-0.25, -0.2) is 0 Å². The summed E-state index contributed by atoms with van der Waals surface area (Å²) in [5, 5.41) is 3.98. The number of carbonyl (C=O) groups excluding carboxylic acids is 1. The Kier molecular flexibility index (Phi) is 5.47. The summed E-state index contributed by atoms with van der Waals surface area (Å²) in [7, 11) is 1.87. The van der Waals surface area contributed by atoms with E-state index in [1.54, 1.807) is 6.07 Å². The molecule has 1 aliphatic rings. The van der Waals surface area contributed by atoms with Crippen LogP contribution < -0.4 is 5.32 Å². The van der Waals surface area contributed by atoms with Gasteiger partial charge in [0.1, 0.15) is 0 Å². The molecule has 1 amide bonds. The maximum absolute atomic E-state index is 12.3. The molecule has 0 spiro atoms. The molecule has 1 aliphatic heterocycles. The molecule has 104 valence electrons. The quantitative estimate of drug-likeness (QED) is 0.802. The lowest BCUT2D eigenvalue weighted by atomic mass is 9.97. The average molecular weight is 393 g/mol. The molecule has 1 aromatic rings. The van der Waals surface area contributed by atoms with Gasteiger partial charge in [-0.2, -0.15) is 0 Å². The highest BCUT2D eigenvalue weighted by atomic mass is 127. The molecule has 0 atom stereocenters. The van der Waals surface area contributed by atoms with Crippen molar-refractivity contribution in [2.24, 2.45) is 5.92 Å². The molecule has 0 aliphatic carbocycles. The highest BCUT2D eigenvalue weighted by molar-refractivity contribution is 14.1. The first-order valence-electron chi connectivity index (χ1n) is 6.49. The molecule has 2 rings (SSSR count). The number of benzene rings is 1. The van der Waals surface area contributed by atoms with Crippen LogP contribution in [0, 0.1) is 9.49 Å². The molecular weight excluding hydrogens is 375 g/mol. The number of halogens is 2. The van der Waals surface area contributed by atoms with Gasteiger partial charge in [-0.05, 0) is 72.6 Å². The van der Waals surface area contributed by atoms with Crippen molar-refractivity contribution < 1.29 is 4.79 Å². The molecule has 1 fully saturated rings. The van der Waals surface area contributed by atoms with E-state index in [9.17, 15) is 4.79 Å². The van der Waals surface area contributed by atoms with Crippen LogP contribution in [0.2, 0.25) is 5.02 Å². The van der Waals surface area contributed by atoms with Crippen molar-refractivity contribution in [3.05, 3.63) is 32.4 Å². The predicted molar refractivity (Wildman–Crippen MR) is 86.7 cm³/mol. The minimum atomic E-state index is 0.0526. The minimum absolute atomic E-state index is 0.0526. The third kappa shape index (κ3) is 4.07. The van der Waals surface area contributed by atoms with Crippen molar-refractivity contribution in [2.45, 2.75) is 12.8 Å². The predicted octanol–water partition coefficient (Wildman–Crippen LogP) is 3.02. The molecule has 1 saturated heterocycles.